The first-order valence-corrected chi connectivity index (χ1v) is 14.7. The van der Waals surface area contributed by atoms with E-state index in [1.807, 2.05) is 38.2 Å². The maximum Gasteiger partial charge on any atom is 0.416 e. The van der Waals surface area contributed by atoms with Crippen LogP contribution >= 0.6 is 12.2 Å². The number of likely N-dealkylation sites (N-methyl/N-ethyl adjacent to an activating group) is 1. The predicted octanol–water partition coefficient (Wildman–Crippen LogP) is 5.84. The molecule has 5 rings (SSSR count). The SMILES string of the molecule is COC(=O)C1=Cc2cc(NCc3cc(CC(=S)c4ccc(CN5CCN(C)CC5)c(C(F)(F)F)c4)ccc3C)cnc2C1. The lowest BCUT2D eigenvalue weighted by Crippen LogP contribution is -2.44. The Kier molecular flexibility index (Phi) is 9.29. The number of halogens is 3. The summed E-state index contributed by atoms with van der Waals surface area (Å²) >= 11 is 5.66. The Hall–Kier alpha value is -3.60. The van der Waals surface area contributed by atoms with Gasteiger partial charge in [-0.25, -0.2) is 4.79 Å². The van der Waals surface area contributed by atoms with Gasteiger partial charge in [-0.3, -0.25) is 9.88 Å². The fourth-order valence-electron chi connectivity index (χ4n) is 5.47. The molecule has 1 aliphatic heterocycles. The molecule has 0 atom stereocenters. The average Bonchev–Trinajstić information content (AvgIpc) is 3.41. The first-order chi connectivity index (χ1) is 20.5. The Morgan fingerprint density at radius 1 is 1.07 bits per heavy atom. The van der Waals surface area contributed by atoms with Gasteiger partial charge in [0.15, 0.2) is 0 Å². The Balaban J connectivity index is 1.26. The molecular formula is C33H35F3N4O2S. The normalized spacial score (nSPS) is 15.6. The number of fused-ring (bicyclic) bond motifs is 1. The van der Waals surface area contributed by atoms with E-state index < -0.39 is 11.7 Å². The number of carbonyl (C=O) groups is 1. The van der Waals surface area contributed by atoms with Crippen LogP contribution in [0.1, 0.15) is 44.6 Å². The number of hydrogen-bond acceptors (Lipinski definition) is 7. The summed E-state index contributed by atoms with van der Waals surface area (Å²) in [7, 11) is 3.39. The third kappa shape index (κ3) is 7.49. The second kappa shape index (κ2) is 13.0. The van der Waals surface area contributed by atoms with Gasteiger partial charge in [0.1, 0.15) is 0 Å². The van der Waals surface area contributed by atoms with Crippen LogP contribution in [0.2, 0.25) is 0 Å². The summed E-state index contributed by atoms with van der Waals surface area (Å²) < 4.78 is 47.1. The minimum atomic E-state index is -4.46. The van der Waals surface area contributed by atoms with Crippen LogP contribution in [0, 0.1) is 6.92 Å². The zero-order valence-electron chi connectivity index (χ0n) is 24.6. The third-order valence-electron chi connectivity index (χ3n) is 8.13. The molecule has 6 nitrogen and oxygen atoms in total. The summed E-state index contributed by atoms with van der Waals surface area (Å²) in [5.74, 6) is -0.353. The van der Waals surface area contributed by atoms with Gasteiger partial charge in [-0.15, -0.1) is 0 Å². The number of rotatable bonds is 9. The minimum absolute atomic E-state index is 0.270. The number of pyridine rings is 1. The van der Waals surface area contributed by atoms with Crippen molar-refractivity contribution in [3.05, 3.63) is 98.9 Å². The zero-order chi connectivity index (χ0) is 30.7. The number of methoxy groups -OCH3 is 1. The number of aromatic nitrogens is 1. The highest BCUT2D eigenvalue weighted by Gasteiger charge is 2.34. The van der Waals surface area contributed by atoms with Crippen LogP contribution < -0.4 is 5.32 Å². The fraction of sp³-hybridized carbons (Fsp3) is 0.364. The number of esters is 1. The Morgan fingerprint density at radius 2 is 1.84 bits per heavy atom. The molecule has 1 saturated heterocycles. The van der Waals surface area contributed by atoms with Crippen LogP contribution in [0.25, 0.3) is 6.08 Å². The molecule has 10 heteroatoms. The number of aryl methyl sites for hydroxylation is 1. The van der Waals surface area contributed by atoms with E-state index in [2.05, 4.69) is 20.1 Å². The number of nitrogens with one attached hydrogen (secondary N) is 1. The summed E-state index contributed by atoms with van der Waals surface area (Å²) in [5.41, 5.74) is 6.26. The van der Waals surface area contributed by atoms with E-state index in [4.69, 9.17) is 17.0 Å². The zero-order valence-corrected chi connectivity index (χ0v) is 25.4. The molecule has 226 valence electrons. The highest BCUT2D eigenvalue weighted by atomic mass is 32.1. The Labute approximate surface area is 255 Å². The molecule has 0 spiro atoms. The number of carbonyl (C=O) groups excluding carboxylic acids is 1. The van der Waals surface area contributed by atoms with Gasteiger partial charge in [-0.1, -0.05) is 42.5 Å². The number of anilines is 1. The smallest absolute Gasteiger partial charge is 0.416 e. The topological polar surface area (TPSA) is 57.7 Å². The third-order valence-corrected chi connectivity index (χ3v) is 8.51. The van der Waals surface area contributed by atoms with Crippen molar-refractivity contribution in [1.82, 2.24) is 14.8 Å². The second-order valence-corrected chi connectivity index (χ2v) is 11.8. The van der Waals surface area contributed by atoms with Crippen molar-refractivity contribution in [2.24, 2.45) is 0 Å². The molecule has 2 heterocycles. The Bertz CT molecular complexity index is 1560. The maximum absolute atomic E-state index is 14.1. The number of ether oxygens (including phenoxy) is 1. The van der Waals surface area contributed by atoms with Crippen LogP contribution in [-0.4, -0.2) is 66.0 Å². The molecule has 0 unspecified atom stereocenters. The fourth-order valence-corrected chi connectivity index (χ4v) is 5.76. The van der Waals surface area contributed by atoms with Crippen LogP contribution in [0.5, 0.6) is 0 Å². The molecule has 1 N–H and O–H groups in total. The summed E-state index contributed by atoms with van der Waals surface area (Å²) in [6.45, 7) is 5.99. The van der Waals surface area contributed by atoms with Crippen LogP contribution in [0.15, 0.2) is 54.2 Å². The number of alkyl halides is 3. The maximum atomic E-state index is 14.1. The molecule has 3 aromatic rings. The van der Waals surface area contributed by atoms with E-state index in [9.17, 15) is 18.0 Å². The molecule has 0 radical (unpaired) electrons. The van der Waals surface area contributed by atoms with Crippen LogP contribution in [0.3, 0.4) is 0 Å². The Morgan fingerprint density at radius 3 is 2.56 bits per heavy atom. The molecule has 1 aromatic heterocycles. The molecule has 1 aliphatic carbocycles. The molecule has 2 aliphatic rings. The van der Waals surface area contributed by atoms with Gasteiger partial charge in [0.25, 0.3) is 0 Å². The quantitative estimate of drug-likeness (QED) is 0.186. The molecule has 2 aromatic carbocycles. The molecule has 0 bridgehead atoms. The van der Waals surface area contributed by atoms with Gasteiger partial charge in [0, 0.05) is 62.5 Å². The highest BCUT2D eigenvalue weighted by Crippen LogP contribution is 2.34. The largest absolute Gasteiger partial charge is 0.466 e. The van der Waals surface area contributed by atoms with Gasteiger partial charge in [-0.2, -0.15) is 13.2 Å². The summed E-state index contributed by atoms with van der Waals surface area (Å²) in [4.78, 5) is 21.1. The average molecular weight is 609 g/mol. The van der Waals surface area contributed by atoms with Gasteiger partial charge in [0.2, 0.25) is 0 Å². The van der Waals surface area contributed by atoms with E-state index in [0.29, 0.717) is 35.4 Å². The molecule has 0 saturated carbocycles. The number of thiocarbonyl (C=S) groups is 1. The molecule has 0 amide bonds. The van der Waals surface area contributed by atoms with Gasteiger partial charge in [-0.05, 0) is 65.6 Å². The first-order valence-electron chi connectivity index (χ1n) is 14.2. The standard InChI is InChI=1S/C33H35F3N4O2S/c1-21-4-5-22(12-27(21)18-37-28-15-25-14-26(32(41)42-3)17-30(25)38-19-28)13-31(43)23-6-7-24(29(16-23)33(34,35)36)20-40-10-8-39(2)9-11-40/h4-7,12,14-16,19,37H,8-11,13,17-18,20H2,1-3H3. The second-order valence-electron chi connectivity index (χ2n) is 11.3. The summed E-state index contributed by atoms with van der Waals surface area (Å²) in [6.07, 6.45) is -0.104. The first kappa shape index (κ1) is 30.8. The van der Waals surface area contributed by atoms with Gasteiger partial charge >= 0.3 is 12.1 Å². The van der Waals surface area contributed by atoms with Crippen molar-refractivity contribution >= 4 is 34.8 Å². The summed E-state index contributed by atoms with van der Waals surface area (Å²) in [6, 6.07) is 12.5. The van der Waals surface area contributed by atoms with Crippen molar-refractivity contribution in [1.29, 1.82) is 0 Å². The van der Waals surface area contributed by atoms with E-state index in [1.54, 1.807) is 24.4 Å². The van der Waals surface area contributed by atoms with Crippen molar-refractivity contribution in [2.45, 2.75) is 39.0 Å². The van der Waals surface area contributed by atoms with E-state index >= 15 is 0 Å². The molecule has 1 fully saturated rings. The van der Waals surface area contributed by atoms with E-state index in [1.165, 1.54) is 13.2 Å². The summed E-state index contributed by atoms with van der Waals surface area (Å²) in [5, 5.41) is 3.40. The van der Waals surface area contributed by atoms with Crippen LogP contribution in [-0.2, 0) is 41.6 Å². The van der Waals surface area contributed by atoms with Crippen LogP contribution in [0.4, 0.5) is 18.9 Å². The van der Waals surface area contributed by atoms with Gasteiger partial charge < -0.3 is 15.0 Å². The number of nitrogens with zero attached hydrogens (tertiary/aromatic N) is 3. The number of piperazine rings is 1. The lowest BCUT2D eigenvalue weighted by molar-refractivity contribution is -0.138. The predicted molar refractivity (Wildman–Crippen MR) is 166 cm³/mol. The lowest BCUT2D eigenvalue weighted by atomic mass is 9.96. The molecule has 43 heavy (non-hydrogen) atoms. The lowest BCUT2D eigenvalue weighted by Gasteiger charge is -2.33. The highest BCUT2D eigenvalue weighted by molar-refractivity contribution is 7.80. The monoisotopic (exact) mass is 608 g/mol. The number of hydrogen-bond donors (Lipinski definition) is 1. The van der Waals surface area contributed by atoms with Crippen molar-refractivity contribution in [2.75, 3.05) is 45.7 Å². The van der Waals surface area contributed by atoms with Gasteiger partial charge in [0.05, 0.1) is 30.3 Å². The minimum Gasteiger partial charge on any atom is -0.466 e. The van der Waals surface area contributed by atoms with Crippen molar-refractivity contribution in [3.8, 4) is 0 Å². The number of benzene rings is 2. The van der Waals surface area contributed by atoms with E-state index in [-0.39, 0.29) is 18.1 Å². The molecular weight excluding hydrogens is 573 g/mol. The van der Waals surface area contributed by atoms with Crippen molar-refractivity contribution < 1.29 is 22.7 Å². The van der Waals surface area contributed by atoms with Crippen molar-refractivity contribution in [3.63, 3.8) is 0 Å². The van der Waals surface area contributed by atoms with E-state index in [0.717, 1.165) is 59.8 Å².